The Morgan fingerprint density at radius 1 is 0.524 bits per heavy atom. The fraction of sp³-hybridized carbons (Fsp3) is 1.00. The van der Waals surface area contributed by atoms with Crippen LogP contribution in [0.15, 0.2) is 0 Å². The van der Waals surface area contributed by atoms with Crippen molar-refractivity contribution in [3.05, 3.63) is 0 Å². The van der Waals surface area contributed by atoms with Crippen molar-refractivity contribution < 1.29 is 0 Å². The summed E-state index contributed by atoms with van der Waals surface area (Å²) >= 11 is 0. The van der Waals surface area contributed by atoms with Gasteiger partial charge in [0.2, 0.25) is 0 Å². The van der Waals surface area contributed by atoms with Gasteiger partial charge >= 0.3 is 0 Å². The van der Waals surface area contributed by atoms with Gasteiger partial charge in [0.15, 0.2) is 0 Å². The molecule has 4 aliphatic rings. The van der Waals surface area contributed by atoms with E-state index < -0.39 is 8.07 Å². The third kappa shape index (κ3) is 2.66. The quantitative estimate of drug-likeness (QED) is 0.502. The van der Waals surface area contributed by atoms with E-state index in [1.165, 1.54) is 11.1 Å². The van der Waals surface area contributed by atoms with Crippen LogP contribution in [0.25, 0.3) is 0 Å². The molecule has 0 N–H and O–H groups in total. The molecular weight excluding hydrogens is 268 g/mol. The molecule has 4 unspecified atom stereocenters. The van der Waals surface area contributed by atoms with Crippen LogP contribution in [0, 0.1) is 23.7 Å². The van der Waals surface area contributed by atoms with Crippen LogP contribution in [-0.2, 0) is 0 Å². The minimum absolute atomic E-state index is 1.01. The van der Waals surface area contributed by atoms with E-state index in [0.717, 1.165) is 23.7 Å². The second-order valence-corrected chi connectivity index (χ2v) is 15.0. The lowest BCUT2D eigenvalue weighted by molar-refractivity contribution is 0.277. The molecule has 1 heteroatoms. The summed E-state index contributed by atoms with van der Waals surface area (Å²) in [6.07, 6.45) is 19.1. The zero-order valence-corrected chi connectivity index (χ0v) is 15.4. The van der Waals surface area contributed by atoms with Crippen LogP contribution in [0.5, 0.6) is 0 Å². The summed E-state index contributed by atoms with van der Waals surface area (Å²) in [5.41, 5.74) is 2.38. The third-order valence-corrected chi connectivity index (χ3v) is 13.7. The van der Waals surface area contributed by atoms with Crippen molar-refractivity contribution in [2.75, 3.05) is 0 Å². The van der Waals surface area contributed by atoms with E-state index >= 15 is 0 Å². The molecule has 0 bridgehead atoms. The fourth-order valence-electron chi connectivity index (χ4n) is 7.01. The van der Waals surface area contributed by atoms with Gasteiger partial charge in [0.1, 0.15) is 0 Å². The third-order valence-electron chi connectivity index (χ3n) is 8.59. The van der Waals surface area contributed by atoms with E-state index in [1.807, 2.05) is 0 Å². The molecule has 0 heterocycles. The SMILES string of the molecule is C[Si](C)(C1CC2CCCCC2C1)C1CC2CCCCC2C1. The van der Waals surface area contributed by atoms with Crippen LogP contribution >= 0.6 is 0 Å². The zero-order chi connectivity index (χ0) is 14.4. The summed E-state index contributed by atoms with van der Waals surface area (Å²) in [6, 6.07) is 0. The van der Waals surface area contributed by atoms with Crippen molar-refractivity contribution >= 4 is 8.07 Å². The lowest BCUT2D eigenvalue weighted by atomic mass is 9.82. The van der Waals surface area contributed by atoms with Crippen molar-refractivity contribution in [3.8, 4) is 0 Å². The Labute approximate surface area is 133 Å². The van der Waals surface area contributed by atoms with Crippen molar-refractivity contribution in [1.29, 1.82) is 0 Å². The summed E-state index contributed by atoms with van der Waals surface area (Å²) in [5, 5.41) is 0. The average Bonchev–Trinajstić information content (AvgIpc) is 3.11. The molecule has 0 aromatic rings. The first-order valence-electron chi connectivity index (χ1n) is 10.1. The van der Waals surface area contributed by atoms with Crippen LogP contribution < -0.4 is 0 Å². The first kappa shape index (κ1) is 14.8. The summed E-state index contributed by atoms with van der Waals surface area (Å²) in [4.78, 5) is 0. The largest absolute Gasteiger partial charge is 0.0689 e. The highest BCUT2D eigenvalue weighted by Gasteiger charge is 2.50. The lowest BCUT2D eigenvalue weighted by Crippen LogP contribution is -2.36. The van der Waals surface area contributed by atoms with Crippen LogP contribution in [0.2, 0.25) is 24.2 Å². The van der Waals surface area contributed by atoms with Gasteiger partial charge in [0.05, 0.1) is 8.07 Å². The fourth-order valence-corrected chi connectivity index (χ4v) is 11.3. The van der Waals surface area contributed by atoms with Gasteiger partial charge < -0.3 is 0 Å². The molecule has 0 radical (unpaired) electrons. The first-order chi connectivity index (χ1) is 10.1. The number of hydrogen-bond acceptors (Lipinski definition) is 0. The van der Waals surface area contributed by atoms with Crippen LogP contribution in [-0.4, -0.2) is 8.07 Å². The van der Waals surface area contributed by atoms with Gasteiger partial charge in [-0.3, -0.25) is 0 Å². The Bertz CT molecular complexity index is 312. The molecule has 4 fully saturated rings. The lowest BCUT2D eigenvalue weighted by Gasteiger charge is -2.36. The van der Waals surface area contributed by atoms with Gasteiger partial charge in [0, 0.05) is 0 Å². The Balaban J connectivity index is 1.44. The molecule has 4 rings (SSSR count). The van der Waals surface area contributed by atoms with E-state index in [1.54, 1.807) is 77.0 Å². The molecule has 0 aliphatic heterocycles. The maximum absolute atomic E-state index is 2.80. The van der Waals surface area contributed by atoms with Crippen molar-refractivity contribution in [3.63, 3.8) is 0 Å². The molecule has 0 aromatic carbocycles. The number of fused-ring (bicyclic) bond motifs is 2. The molecule has 120 valence electrons. The van der Waals surface area contributed by atoms with E-state index in [9.17, 15) is 0 Å². The van der Waals surface area contributed by atoms with Crippen molar-refractivity contribution in [2.24, 2.45) is 23.7 Å². The monoisotopic (exact) mass is 304 g/mol. The molecule has 0 saturated heterocycles. The smallest absolute Gasteiger partial charge is 0.0536 e. The first-order valence-corrected chi connectivity index (χ1v) is 13.3. The second kappa shape index (κ2) is 5.69. The average molecular weight is 305 g/mol. The summed E-state index contributed by atoms with van der Waals surface area (Å²) in [6.45, 7) is 5.61. The van der Waals surface area contributed by atoms with Crippen LogP contribution in [0.4, 0.5) is 0 Å². The van der Waals surface area contributed by atoms with Gasteiger partial charge in [-0.1, -0.05) is 64.5 Å². The van der Waals surface area contributed by atoms with E-state index in [2.05, 4.69) is 13.1 Å². The maximum Gasteiger partial charge on any atom is 0.0536 e. The highest BCUT2D eigenvalue weighted by atomic mass is 28.3. The summed E-state index contributed by atoms with van der Waals surface area (Å²) in [5.74, 6) is 4.61. The number of hydrogen-bond donors (Lipinski definition) is 0. The van der Waals surface area contributed by atoms with E-state index in [0.29, 0.717) is 0 Å². The highest BCUT2D eigenvalue weighted by molar-refractivity contribution is 6.80. The molecule has 4 atom stereocenters. The Hall–Kier alpha value is 0.217. The van der Waals surface area contributed by atoms with E-state index in [-0.39, 0.29) is 0 Å². The molecule has 0 spiro atoms. The Morgan fingerprint density at radius 2 is 0.810 bits per heavy atom. The number of rotatable bonds is 2. The zero-order valence-electron chi connectivity index (χ0n) is 14.4. The van der Waals surface area contributed by atoms with Gasteiger partial charge in [0.25, 0.3) is 0 Å². The predicted molar refractivity (Wildman–Crippen MR) is 94.3 cm³/mol. The summed E-state index contributed by atoms with van der Waals surface area (Å²) in [7, 11) is -1.01. The molecule has 0 aromatic heterocycles. The Kier molecular flexibility index (Phi) is 4.01. The minimum Gasteiger partial charge on any atom is -0.0689 e. The van der Waals surface area contributed by atoms with Crippen molar-refractivity contribution in [2.45, 2.75) is 101 Å². The predicted octanol–water partition coefficient (Wildman–Crippen LogP) is 6.64. The minimum atomic E-state index is -1.01. The molecule has 4 saturated carbocycles. The highest BCUT2D eigenvalue weighted by Crippen LogP contribution is 2.59. The molecule has 0 amide bonds. The topological polar surface area (TPSA) is 0 Å². The van der Waals surface area contributed by atoms with Gasteiger partial charge in [-0.15, -0.1) is 0 Å². The molecule has 0 nitrogen and oxygen atoms in total. The summed E-state index contributed by atoms with van der Waals surface area (Å²) < 4.78 is 0. The van der Waals surface area contributed by atoms with Crippen molar-refractivity contribution in [1.82, 2.24) is 0 Å². The van der Waals surface area contributed by atoms with Crippen LogP contribution in [0.1, 0.15) is 77.0 Å². The normalized spacial score (nSPS) is 47.1. The maximum atomic E-state index is 2.80. The molecule has 4 aliphatic carbocycles. The van der Waals surface area contributed by atoms with Crippen LogP contribution in [0.3, 0.4) is 0 Å². The van der Waals surface area contributed by atoms with Gasteiger partial charge in [-0.05, 0) is 60.4 Å². The molecular formula is C20H36Si. The van der Waals surface area contributed by atoms with E-state index in [4.69, 9.17) is 0 Å². The standard InChI is InChI=1S/C20H36Si/c1-21(2,19-11-15-7-3-4-8-16(15)12-19)20-13-17-9-5-6-10-18(17)14-20/h15-20H,3-14H2,1-2H3. The van der Waals surface area contributed by atoms with Gasteiger partial charge in [-0.25, -0.2) is 0 Å². The molecule has 21 heavy (non-hydrogen) atoms. The second-order valence-electron chi connectivity index (χ2n) is 9.77. The Morgan fingerprint density at radius 3 is 1.10 bits per heavy atom. The van der Waals surface area contributed by atoms with Gasteiger partial charge in [-0.2, -0.15) is 0 Å².